The van der Waals surface area contributed by atoms with Gasteiger partial charge in [-0.3, -0.25) is 13.7 Å². The second kappa shape index (κ2) is 11.1. The van der Waals surface area contributed by atoms with Gasteiger partial charge in [-0.05, 0) is 65.9 Å². The minimum Gasteiger partial charge on any atom is -0.349 e. The van der Waals surface area contributed by atoms with Gasteiger partial charge in [0.05, 0.1) is 23.9 Å². The number of rotatable bonds is 7. The summed E-state index contributed by atoms with van der Waals surface area (Å²) in [6, 6.07) is 24.1. The van der Waals surface area contributed by atoms with Gasteiger partial charge in [-0.15, -0.1) is 0 Å². The van der Waals surface area contributed by atoms with Crippen LogP contribution >= 0.6 is 0 Å². The van der Waals surface area contributed by atoms with Crippen LogP contribution in [0.25, 0.3) is 11.1 Å². The van der Waals surface area contributed by atoms with Crippen LogP contribution in [0.5, 0.6) is 0 Å². The molecular formula is C27H27N3O3S. The van der Waals surface area contributed by atoms with E-state index < -0.39 is 11.3 Å². The lowest BCUT2D eigenvalue weighted by Gasteiger charge is -2.23. The number of carbonyl (C=O) groups is 1. The van der Waals surface area contributed by atoms with Crippen molar-refractivity contribution in [1.29, 1.82) is 5.26 Å². The highest BCUT2D eigenvalue weighted by atomic mass is 32.2. The smallest absolute Gasteiger partial charge is 0.262 e. The average molecular weight is 474 g/mol. The number of carbonyl (C=O) groups excluding carboxylic acids is 1. The highest BCUT2D eigenvalue weighted by molar-refractivity contribution is 7.80. The van der Waals surface area contributed by atoms with E-state index in [2.05, 4.69) is 11.4 Å². The van der Waals surface area contributed by atoms with E-state index in [1.807, 2.05) is 30.3 Å². The topological polar surface area (TPSA) is 93.4 Å². The van der Waals surface area contributed by atoms with Crippen LogP contribution in [-0.4, -0.2) is 20.7 Å². The normalized spacial score (nSPS) is 14.7. The summed E-state index contributed by atoms with van der Waals surface area (Å²) in [6.45, 7) is 0.184. The molecule has 1 amide bonds. The van der Waals surface area contributed by atoms with E-state index in [0.717, 1.165) is 42.4 Å². The van der Waals surface area contributed by atoms with Gasteiger partial charge in [-0.2, -0.15) is 5.26 Å². The SMILES string of the molecule is N#Cc1ccc(-c2ccc(N(Cc3cccc(C(=O)NC4CCCCC4)c3)S(=O)O)cc2)cc1. The molecule has 0 heterocycles. The maximum Gasteiger partial charge on any atom is 0.262 e. The van der Waals surface area contributed by atoms with Crippen molar-refractivity contribution < 1.29 is 13.6 Å². The third-order valence-corrected chi connectivity index (χ3v) is 6.86. The quantitative estimate of drug-likeness (QED) is 0.447. The zero-order valence-electron chi connectivity index (χ0n) is 18.8. The van der Waals surface area contributed by atoms with Crippen molar-refractivity contribution >= 4 is 22.9 Å². The zero-order chi connectivity index (χ0) is 23.9. The van der Waals surface area contributed by atoms with Crippen LogP contribution in [0.2, 0.25) is 0 Å². The van der Waals surface area contributed by atoms with Crippen molar-refractivity contribution in [3.8, 4) is 17.2 Å². The van der Waals surface area contributed by atoms with Gasteiger partial charge >= 0.3 is 0 Å². The fourth-order valence-corrected chi connectivity index (χ4v) is 4.85. The molecule has 0 saturated heterocycles. The highest BCUT2D eigenvalue weighted by Gasteiger charge is 2.18. The molecule has 0 radical (unpaired) electrons. The Labute approximate surface area is 202 Å². The molecule has 1 atom stereocenters. The lowest BCUT2D eigenvalue weighted by molar-refractivity contribution is 0.0927. The fourth-order valence-electron chi connectivity index (χ4n) is 4.29. The summed E-state index contributed by atoms with van der Waals surface area (Å²) >= 11 is -2.24. The second-order valence-electron chi connectivity index (χ2n) is 8.51. The van der Waals surface area contributed by atoms with Gasteiger partial charge in [0.1, 0.15) is 0 Å². The fraction of sp³-hybridized carbons (Fsp3) is 0.259. The lowest BCUT2D eigenvalue weighted by atomic mass is 9.95. The van der Waals surface area contributed by atoms with Crippen LogP contribution in [0.1, 0.15) is 53.6 Å². The van der Waals surface area contributed by atoms with Gasteiger partial charge in [0, 0.05) is 11.6 Å². The lowest BCUT2D eigenvalue weighted by Crippen LogP contribution is -2.36. The molecule has 3 aromatic rings. The Morgan fingerprint density at radius 2 is 1.65 bits per heavy atom. The first-order valence-electron chi connectivity index (χ1n) is 11.4. The first-order valence-corrected chi connectivity index (χ1v) is 12.5. The first-order chi connectivity index (χ1) is 16.5. The van der Waals surface area contributed by atoms with Gasteiger partial charge < -0.3 is 5.32 Å². The Morgan fingerprint density at radius 1 is 1.00 bits per heavy atom. The average Bonchev–Trinajstić information content (AvgIpc) is 2.88. The number of hydrogen-bond acceptors (Lipinski definition) is 3. The van der Waals surface area contributed by atoms with Crippen LogP contribution in [0.3, 0.4) is 0 Å². The Bertz CT molecular complexity index is 1200. The third kappa shape index (κ3) is 5.90. The Hall–Kier alpha value is -3.47. The summed E-state index contributed by atoms with van der Waals surface area (Å²) in [5.74, 6) is -0.0998. The minimum atomic E-state index is -2.24. The minimum absolute atomic E-state index is 0.0998. The van der Waals surface area contributed by atoms with Crippen LogP contribution in [0.15, 0.2) is 72.8 Å². The van der Waals surface area contributed by atoms with Crippen LogP contribution in [0, 0.1) is 11.3 Å². The molecular weight excluding hydrogens is 446 g/mol. The van der Waals surface area contributed by atoms with Crippen molar-refractivity contribution in [2.24, 2.45) is 0 Å². The summed E-state index contributed by atoms with van der Waals surface area (Å²) in [5, 5.41) is 12.1. The van der Waals surface area contributed by atoms with Crippen molar-refractivity contribution in [1.82, 2.24) is 5.32 Å². The van der Waals surface area contributed by atoms with Gasteiger partial charge in [-0.1, -0.05) is 55.7 Å². The maximum atomic E-state index is 12.7. The second-order valence-corrected chi connectivity index (χ2v) is 9.41. The van der Waals surface area contributed by atoms with E-state index in [1.165, 1.54) is 10.7 Å². The number of anilines is 1. The van der Waals surface area contributed by atoms with Crippen LogP contribution < -0.4 is 9.62 Å². The summed E-state index contributed by atoms with van der Waals surface area (Å²) in [7, 11) is 0. The highest BCUT2D eigenvalue weighted by Crippen LogP contribution is 2.26. The molecule has 1 aliphatic carbocycles. The molecule has 0 aromatic heterocycles. The molecule has 34 heavy (non-hydrogen) atoms. The van der Waals surface area contributed by atoms with Gasteiger partial charge in [0.2, 0.25) is 0 Å². The predicted molar refractivity (Wildman–Crippen MR) is 134 cm³/mol. The largest absolute Gasteiger partial charge is 0.349 e. The standard InChI is InChI=1S/C27H27N3O3S/c28-18-20-9-11-22(12-10-20)23-13-15-26(16-14-23)30(34(32)33)19-21-5-4-6-24(17-21)27(31)29-25-7-2-1-3-8-25/h4-6,9-17,25H,1-3,7-8,19H2,(H,29,31)(H,32,33). The summed E-state index contributed by atoms with van der Waals surface area (Å²) in [4.78, 5) is 12.7. The van der Waals surface area contributed by atoms with Gasteiger partial charge in [-0.25, -0.2) is 4.21 Å². The molecule has 7 heteroatoms. The number of hydrogen-bond donors (Lipinski definition) is 2. The molecule has 174 valence electrons. The summed E-state index contributed by atoms with van der Waals surface area (Å²) < 4.78 is 23.5. The van der Waals surface area contributed by atoms with Gasteiger partial charge in [0.25, 0.3) is 17.2 Å². The van der Waals surface area contributed by atoms with E-state index in [-0.39, 0.29) is 18.5 Å². The number of nitrogens with one attached hydrogen (secondary N) is 1. The Morgan fingerprint density at radius 3 is 2.26 bits per heavy atom. The molecule has 0 spiro atoms. The first kappa shape index (κ1) is 23.7. The Balaban J connectivity index is 1.47. The van der Waals surface area contributed by atoms with E-state index in [1.54, 1.807) is 42.5 Å². The number of amides is 1. The van der Waals surface area contributed by atoms with Crippen molar-refractivity contribution in [2.45, 2.75) is 44.7 Å². The van der Waals surface area contributed by atoms with Crippen LogP contribution in [0.4, 0.5) is 5.69 Å². The van der Waals surface area contributed by atoms with E-state index in [4.69, 9.17) is 5.26 Å². The summed E-state index contributed by atoms with van der Waals surface area (Å²) in [5.41, 5.74) is 4.42. The number of benzene rings is 3. The van der Waals surface area contributed by atoms with E-state index in [9.17, 15) is 13.6 Å². The summed E-state index contributed by atoms with van der Waals surface area (Å²) in [6.07, 6.45) is 5.55. The molecule has 3 aromatic carbocycles. The molecule has 1 aliphatic rings. The van der Waals surface area contributed by atoms with E-state index >= 15 is 0 Å². The third-order valence-electron chi connectivity index (χ3n) is 6.15. The molecule has 1 fully saturated rings. The molecule has 0 bridgehead atoms. The maximum absolute atomic E-state index is 12.7. The molecule has 0 aliphatic heterocycles. The monoisotopic (exact) mass is 473 g/mol. The molecule has 4 rings (SSSR count). The molecule has 1 unspecified atom stereocenters. The van der Waals surface area contributed by atoms with Crippen LogP contribution in [-0.2, 0) is 17.8 Å². The number of nitrogens with zero attached hydrogens (tertiary/aromatic N) is 2. The van der Waals surface area contributed by atoms with Crippen molar-refractivity contribution in [3.63, 3.8) is 0 Å². The van der Waals surface area contributed by atoms with Crippen molar-refractivity contribution in [2.75, 3.05) is 4.31 Å². The zero-order valence-corrected chi connectivity index (χ0v) is 19.6. The predicted octanol–water partition coefficient (Wildman–Crippen LogP) is 5.43. The Kier molecular flexibility index (Phi) is 7.73. The van der Waals surface area contributed by atoms with Crippen molar-refractivity contribution in [3.05, 3.63) is 89.5 Å². The molecule has 2 N–H and O–H groups in total. The van der Waals surface area contributed by atoms with Gasteiger partial charge in [0.15, 0.2) is 0 Å². The molecule has 6 nitrogen and oxygen atoms in total. The molecule has 1 saturated carbocycles. The van der Waals surface area contributed by atoms with E-state index in [0.29, 0.717) is 16.8 Å². The number of nitriles is 1.